The monoisotopic (exact) mass is 329 g/mol. The van der Waals surface area contributed by atoms with Crippen LogP contribution in [0, 0.1) is 6.92 Å². The van der Waals surface area contributed by atoms with Gasteiger partial charge < -0.3 is 10.6 Å². The summed E-state index contributed by atoms with van der Waals surface area (Å²) in [6.45, 7) is 17.3. The number of hydrogen-bond acceptors (Lipinski definition) is 3. The van der Waals surface area contributed by atoms with Crippen LogP contribution in [0.15, 0.2) is 54.4 Å². The molecular weight excluding hydrogens is 294 g/mol. The predicted molar refractivity (Wildman–Crippen MR) is 108 cm³/mol. The molecule has 0 fully saturated rings. The van der Waals surface area contributed by atoms with Crippen LogP contribution in [-0.2, 0) is 0 Å². The predicted octanol–water partition coefficient (Wildman–Crippen LogP) is 5.39. The van der Waals surface area contributed by atoms with Gasteiger partial charge in [-0.05, 0) is 43.9 Å². The van der Waals surface area contributed by atoms with Crippen molar-refractivity contribution in [2.24, 2.45) is 5.73 Å². The molecule has 0 aliphatic heterocycles. The first kappa shape index (κ1) is 22.1. The first-order valence-electron chi connectivity index (χ1n) is 8.99. The third-order valence-electron chi connectivity index (χ3n) is 3.41. The van der Waals surface area contributed by atoms with Gasteiger partial charge in [-0.2, -0.15) is 0 Å². The largest absolute Gasteiger partial charge is 0.326 e. The van der Waals surface area contributed by atoms with Crippen LogP contribution >= 0.6 is 0 Å². The van der Waals surface area contributed by atoms with Crippen molar-refractivity contribution < 1.29 is 0 Å². The molecule has 0 aliphatic carbocycles. The fourth-order valence-corrected chi connectivity index (χ4v) is 2.24. The second-order valence-corrected chi connectivity index (χ2v) is 5.56. The van der Waals surface area contributed by atoms with E-state index in [2.05, 4.69) is 61.5 Å². The van der Waals surface area contributed by atoms with E-state index in [9.17, 15) is 0 Å². The summed E-state index contributed by atoms with van der Waals surface area (Å²) in [5, 5.41) is 0. The van der Waals surface area contributed by atoms with Crippen LogP contribution < -0.4 is 10.6 Å². The highest BCUT2D eigenvalue weighted by atomic mass is 15.2. The zero-order valence-electron chi connectivity index (χ0n) is 16.3. The third kappa shape index (κ3) is 7.60. The lowest BCUT2D eigenvalue weighted by Crippen LogP contribution is -2.26. The molecule has 2 N–H and O–H groups in total. The topological polar surface area (TPSA) is 42.1 Å². The third-order valence-corrected chi connectivity index (χ3v) is 3.41. The lowest BCUT2D eigenvalue weighted by atomic mass is 10.1. The maximum Gasteiger partial charge on any atom is 0.135 e. The summed E-state index contributed by atoms with van der Waals surface area (Å²) in [6.07, 6.45) is 10.1. The summed E-state index contributed by atoms with van der Waals surface area (Å²) in [4.78, 5) is 6.73. The average Bonchev–Trinajstić information content (AvgIpc) is 2.58. The van der Waals surface area contributed by atoms with Gasteiger partial charge in [-0.15, -0.1) is 0 Å². The van der Waals surface area contributed by atoms with Crippen molar-refractivity contribution in [3.63, 3.8) is 0 Å². The number of nitrogens with two attached hydrogens (primary N) is 1. The fourth-order valence-electron chi connectivity index (χ4n) is 2.24. The Hall–Kier alpha value is -1.87. The zero-order valence-corrected chi connectivity index (χ0v) is 16.3. The zero-order chi connectivity index (χ0) is 18.5. The SMILES string of the molecule is C=C(CC)N(CC(/C=C\CC)=C/C(C)N)c1ncccc1C.CC. The minimum atomic E-state index is 0.0260. The van der Waals surface area contributed by atoms with Gasteiger partial charge >= 0.3 is 0 Å². The van der Waals surface area contributed by atoms with E-state index in [1.165, 1.54) is 5.57 Å². The van der Waals surface area contributed by atoms with E-state index in [1.54, 1.807) is 0 Å². The van der Waals surface area contributed by atoms with Crippen LogP contribution in [0.2, 0.25) is 0 Å². The normalized spacial score (nSPS) is 12.5. The Morgan fingerprint density at radius 1 is 1.38 bits per heavy atom. The molecule has 0 aliphatic rings. The number of anilines is 1. The van der Waals surface area contributed by atoms with E-state index in [4.69, 9.17) is 5.73 Å². The molecule has 0 radical (unpaired) electrons. The van der Waals surface area contributed by atoms with Crippen molar-refractivity contribution in [2.75, 3.05) is 11.4 Å². The lowest BCUT2D eigenvalue weighted by Gasteiger charge is -2.27. The lowest BCUT2D eigenvalue weighted by molar-refractivity contribution is 0.870. The smallest absolute Gasteiger partial charge is 0.135 e. The van der Waals surface area contributed by atoms with Crippen LogP contribution in [0.1, 0.15) is 53.0 Å². The first-order chi connectivity index (χ1) is 11.5. The van der Waals surface area contributed by atoms with Gasteiger partial charge in [0.05, 0.1) is 0 Å². The minimum Gasteiger partial charge on any atom is -0.326 e. The standard InChI is InChI=1S/C19H29N3.C2H6/c1-6-8-11-18(13-16(4)20)14-22(17(5)7-2)19-15(3)10-9-12-21-19;1-2/h8-13,16H,5-7,14,20H2,1-4H3;1-2H3/b11-8-,18-13+;. The average molecular weight is 330 g/mol. The summed E-state index contributed by atoms with van der Waals surface area (Å²) >= 11 is 0. The Morgan fingerprint density at radius 2 is 2.04 bits per heavy atom. The summed E-state index contributed by atoms with van der Waals surface area (Å²) in [5.74, 6) is 0.967. The number of hydrogen-bond donors (Lipinski definition) is 1. The second kappa shape index (κ2) is 12.5. The van der Waals surface area contributed by atoms with Crippen molar-refractivity contribution in [3.05, 3.63) is 60.0 Å². The molecule has 0 spiro atoms. The number of pyridine rings is 1. The van der Waals surface area contributed by atoms with Gasteiger partial charge in [0.1, 0.15) is 5.82 Å². The maximum atomic E-state index is 5.95. The Kier molecular flexibility index (Phi) is 11.6. The molecule has 0 saturated carbocycles. The quantitative estimate of drug-likeness (QED) is 0.650. The Labute approximate surface area is 149 Å². The molecule has 1 unspecified atom stereocenters. The fraction of sp³-hybridized carbons (Fsp3) is 0.476. The molecule has 3 heteroatoms. The van der Waals surface area contributed by atoms with Gasteiger partial charge in [0.25, 0.3) is 0 Å². The van der Waals surface area contributed by atoms with Crippen LogP contribution in [0.4, 0.5) is 5.82 Å². The van der Waals surface area contributed by atoms with Crippen molar-refractivity contribution in [1.82, 2.24) is 4.98 Å². The Morgan fingerprint density at radius 3 is 2.54 bits per heavy atom. The van der Waals surface area contributed by atoms with Crippen molar-refractivity contribution in [1.29, 1.82) is 0 Å². The first-order valence-corrected chi connectivity index (χ1v) is 8.99. The number of allylic oxidation sites excluding steroid dienone is 2. The summed E-state index contributed by atoms with van der Waals surface area (Å²) in [6, 6.07) is 4.06. The van der Waals surface area contributed by atoms with Gasteiger partial charge in [-0.1, -0.05) is 58.6 Å². The van der Waals surface area contributed by atoms with E-state index in [0.717, 1.165) is 36.5 Å². The molecule has 1 rings (SSSR count). The molecule has 0 amide bonds. The molecule has 1 heterocycles. The molecule has 0 aromatic carbocycles. The highest BCUT2D eigenvalue weighted by molar-refractivity contribution is 5.53. The highest BCUT2D eigenvalue weighted by Crippen LogP contribution is 2.23. The maximum absolute atomic E-state index is 5.95. The van der Waals surface area contributed by atoms with Crippen molar-refractivity contribution in [3.8, 4) is 0 Å². The van der Waals surface area contributed by atoms with Crippen molar-refractivity contribution in [2.45, 2.75) is 60.4 Å². The molecule has 1 atom stereocenters. The summed E-state index contributed by atoms with van der Waals surface area (Å²) in [7, 11) is 0. The van der Waals surface area contributed by atoms with Crippen LogP contribution in [0.25, 0.3) is 0 Å². The van der Waals surface area contributed by atoms with Gasteiger partial charge in [0.15, 0.2) is 0 Å². The minimum absolute atomic E-state index is 0.0260. The number of rotatable bonds is 8. The summed E-state index contributed by atoms with van der Waals surface area (Å²) in [5.41, 5.74) is 9.35. The van der Waals surface area contributed by atoms with E-state index < -0.39 is 0 Å². The number of aryl methyl sites for hydroxylation is 1. The van der Waals surface area contributed by atoms with E-state index in [0.29, 0.717) is 0 Å². The Balaban J connectivity index is 0.00000254. The van der Waals surface area contributed by atoms with Crippen molar-refractivity contribution >= 4 is 5.82 Å². The van der Waals surface area contributed by atoms with E-state index in [-0.39, 0.29) is 6.04 Å². The van der Waals surface area contributed by atoms with E-state index in [1.807, 2.05) is 33.0 Å². The molecule has 0 bridgehead atoms. The molecule has 1 aromatic rings. The molecule has 1 aromatic heterocycles. The van der Waals surface area contributed by atoms with E-state index >= 15 is 0 Å². The molecule has 3 nitrogen and oxygen atoms in total. The highest BCUT2D eigenvalue weighted by Gasteiger charge is 2.14. The summed E-state index contributed by atoms with van der Waals surface area (Å²) < 4.78 is 0. The number of aromatic nitrogens is 1. The van der Waals surface area contributed by atoms with Gasteiger partial charge in [-0.3, -0.25) is 0 Å². The van der Waals surface area contributed by atoms with Crippen LogP contribution in [0.3, 0.4) is 0 Å². The van der Waals surface area contributed by atoms with Gasteiger partial charge in [0, 0.05) is 24.5 Å². The van der Waals surface area contributed by atoms with Crippen LogP contribution in [-0.4, -0.2) is 17.6 Å². The van der Waals surface area contributed by atoms with Gasteiger partial charge in [-0.25, -0.2) is 4.98 Å². The molecular formula is C21H35N3. The van der Waals surface area contributed by atoms with Crippen LogP contribution in [0.5, 0.6) is 0 Å². The Bertz CT molecular complexity index is 542. The number of nitrogens with zero attached hydrogens (tertiary/aromatic N) is 2. The van der Waals surface area contributed by atoms with Gasteiger partial charge in [0.2, 0.25) is 0 Å². The molecule has 0 saturated heterocycles. The second-order valence-electron chi connectivity index (χ2n) is 5.56. The molecule has 24 heavy (non-hydrogen) atoms. The molecule has 134 valence electrons.